The van der Waals surface area contributed by atoms with Crippen LogP contribution in [0.15, 0.2) is 53.0 Å². The number of benzene rings is 2. The van der Waals surface area contributed by atoms with E-state index in [0.717, 1.165) is 17.8 Å². The summed E-state index contributed by atoms with van der Waals surface area (Å²) >= 11 is 0. The van der Waals surface area contributed by atoms with Gasteiger partial charge in [-0.15, -0.1) is 0 Å². The van der Waals surface area contributed by atoms with Crippen LogP contribution in [0.5, 0.6) is 0 Å². The van der Waals surface area contributed by atoms with Crippen molar-refractivity contribution < 1.29 is 4.42 Å². The number of hydrogen-bond acceptors (Lipinski definition) is 1. The van der Waals surface area contributed by atoms with Gasteiger partial charge < -0.3 is 4.42 Å². The Kier molecular flexibility index (Phi) is 2.78. The Labute approximate surface area is 136 Å². The van der Waals surface area contributed by atoms with Crippen LogP contribution in [0.3, 0.4) is 0 Å². The van der Waals surface area contributed by atoms with Gasteiger partial charge in [-0.2, -0.15) is 0 Å². The largest absolute Gasteiger partial charge is 0.456 e. The molecule has 2 aliphatic carbocycles. The summed E-state index contributed by atoms with van der Waals surface area (Å²) in [5.74, 6) is 1.52. The van der Waals surface area contributed by atoms with E-state index in [1.807, 2.05) is 0 Å². The van der Waals surface area contributed by atoms with Gasteiger partial charge in [0.2, 0.25) is 0 Å². The summed E-state index contributed by atoms with van der Waals surface area (Å²) in [6.07, 6.45) is 9.38. The molecule has 1 heteroatoms. The predicted octanol–water partition coefficient (Wildman–Crippen LogP) is 5.80. The zero-order valence-corrected chi connectivity index (χ0v) is 13.4. The summed E-state index contributed by atoms with van der Waals surface area (Å²) < 4.78 is 6.39. The quantitative estimate of drug-likeness (QED) is 0.517. The molecule has 0 saturated heterocycles. The van der Waals surface area contributed by atoms with Gasteiger partial charge in [-0.3, -0.25) is 0 Å². The zero-order valence-electron chi connectivity index (χ0n) is 13.4. The fraction of sp³-hybridized carbons (Fsp3) is 0.273. The molecule has 0 amide bonds. The van der Waals surface area contributed by atoms with Gasteiger partial charge in [0.1, 0.15) is 11.3 Å². The van der Waals surface area contributed by atoms with Gasteiger partial charge >= 0.3 is 0 Å². The summed E-state index contributed by atoms with van der Waals surface area (Å²) in [6, 6.07) is 12.7. The highest BCUT2D eigenvalue weighted by atomic mass is 16.3. The first kappa shape index (κ1) is 13.2. The highest BCUT2D eigenvalue weighted by Gasteiger charge is 2.28. The van der Waals surface area contributed by atoms with Gasteiger partial charge in [0.05, 0.1) is 0 Å². The van der Waals surface area contributed by atoms with Gasteiger partial charge in [-0.05, 0) is 54.4 Å². The van der Waals surface area contributed by atoms with Gasteiger partial charge in [0.15, 0.2) is 0 Å². The van der Waals surface area contributed by atoms with Crippen LogP contribution < -0.4 is 0 Å². The number of allylic oxidation sites excluding steroid dienone is 2. The zero-order chi connectivity index (χ0) is 15.4. The van der Waals surface area contributed by atoms with Crippen molar-refractivity contribution in [2.45, 2.75) is 38.5 Å². The van der Waals surface area contributed by atoms with Crippen molar-refractivity contribution >= 4 is 11.0 Å². The first-order valence-electron chi connectivity index (χ1n) is 8.65. The lowest BCUT2D eigenvalue weighted by Gasteiger charge is -2.22. The van der Waals surface area contributed by atoms with E-state index < -0.39 is 0 Å². The van der Waals surface area contributed by atoms with Crippen molar-refractivity contribution in [1.29, 1.82) is 0 Å². The van der Waals surface area contributed by atoms with E-state index in [9.17, 15) is 0 Å². The lowest BCUT2D eigenvalue weighted by Crippen LogP contribution is -2.07. The fourth-order valence-electron chi connectivity index (χ4n) is 4.47. The van der Waals surface area contributed by atoms with E-state index in [1.54, 1.807) is 16.7 Å². The van der Waals surface area contributed by atoms with Gasteiger partial charge in [0, 0.05) is 16.5 Å². The molecule has 2 aromatic carbocycles. The van der Waals surface area contributed by atoms with Gasteiger partial charge in [-0.1, -0.05) is 49.4 Å². The minimum atomic E-state index is 0.514. The minimum Gasteiger partial charge on any atom is -0.456 e. The number of fused-ring (bicyclic) bond motifs is 6. The average molecular weight is 300 g/mol. The van der Waals surface area contributed by atoms with Crippen LogP contribution in [0.2, 0.25) is 0 Å². The summed E-state index contributed by atoms with van der Waals surface area (Å²) in [7, 11) is 0. The molecule has 0 bridgehead atoms. The van der Waals surface area contributed by atoms with Gasteiger partial charge in [0.25, 0.3) is 0 Å². The summed E-state index contributed by atoms with van der Waals surface area (Å²) in [6.45, 7) is 2.32. The molecule has 1 heterocycles. The van der Waals surface area contributed by atoms with Crippen LogP contribution in [0.4, 0.5) is 0 Å². The van der Waals surface area contributed by atoms with Crippen LogP contribution in [0, 0.1) is 0 Å². The average Bonchev–Trinajstić information content (AvgIpc) is 3.22. The first-order valence-corrected chi connectivity index (χ1v) is 8.65. The van der Waals surface area contributed by atoms with E-state index in [2.05, 4.69) is 55.5 Å². The van der Waals surface area contributed by atoms with E-state index in [4.69, 9.17) is 4.42 Å². The van der Waals surface area contributed by atoms with Crippen LogP contribution in [-0.2, 0) is 19.3 Å². The van der Waals surface area contributed by atoms with Crippen LogP contribution in [0.25, 0.3) is 22.3 Å². The van der Waals surface area contributed by atoms with E-state index in [1.165, 1.54) is 35.8 Å². The molecule has 0 radical (unpaired) electrons. The predicted molar refractivity (Wildman–Crippen MR) is 94.9 cm³/mol. The topological polar surface area (TPSA) is 13.1 Å². The third-order valence-electron chi connectivity index (χ3n) is 5.46. The molecule has 23 heavy (non-hydrogen) atoms. The summed E-state index contributed by atoms with van der Waals surface area (Å²) in [5, 5.41) is 1.36. The maximum Gasteiger partial charge on any atom is 0.138 e. The highest BCUT2D eigenvalue weighted by Crippen LogP contribution is 2.44. The van der Waals surface area contributed by atoms with Gasteiger partial charge in [-0.25, -0.2) is 0 Å². The molecule has 3 aromatic rings. The van der Waals surface area contributed by atoms with Crippen molar-refractivity contribution in [3.05, 3.63) is 70.8 Å². The van der Waals surface area contributed by atoms with Crippen LogP contribution >= 0.6 is 0 Å². The molecule has 2 aliphatic rings. The number of hydrogen-bond donors (Lipinski definition) is 0. The van der Waals surface area contributed by atoms with Crippen molar-refractivity contribution in [3.8, 4) is 11.3 Å². The minimum absolute atomic E-state index is 0.514. The van der Waals surface area contributed by atoms with Crippen molar-refractivity contribution in [1.82, 2.24) is 0 Å². The lowest BCUT2D eigenvalue weighted by atomic mass is 9.82. The number of aryl methyl sites for hydroxylation is 1. The molecule has 0 fully saturated rings. The van der Waals surface area contributed by atoms with Crippen molar-refractivity contribution in [3.63, 3.8) is 0 Å². The van der Waals surface area contributed by atoms with Crippen LogP contribution in [-0.4, -0.2) is 0 Å². The monoisotopic (exact) mass is 300 g/mol. The van der Waals surface area contributed by atoms with E-state index in [-0.39, 0.29) is 0 Å². The molecule has 1 unspecified atom stereocenters. The van der Waals surface area contributed by atoms with Crippen molar-refractivity contribution in [2.75, 3.05) is 0 Å². The molecule has 114 valence electrons. The Morgan fingerprint density at radius 3 is 2.70 bits per heavy atom. The smallest absolute Gasteiger partial charge is 0.138 e. The second-order valence-electron chi connectivity index (χ2n) is 6.84. The Bertz CT molecular complexity index is 928. The van der Waals surface area contributed by atoms with Crippen LogP contribution in [0.1, 0.15) is 41.5 Å². The standard InChI is InChI=1S/C22H20O/c1-14-7-5-12-18-21(14)17-11-6-10-16(17)19-13-20(23-22(18)19)15-8-3-2-4-9-15/h2-5,7-9,13-14H,6,10-12H2,1H3. The molecule has 5 rings (SSSR count). The Morgan fingerprint density at radius 1 is 1.00 bits per heavy atom. The van der Waals surface area contributed by atoms with E-state index in [0.29, 0.717) is 5.92 Å². The summed E-state index contributed by atoms with van der Waals surface area (Å²) in [4.78, 5) is 0. The molecule has 0 saturated carbocycles. The SMILES string of the molecule is CC1C=CCc2c1c1c(c3cc(-c4ccccc4)oc23)CCC1. The first-order chi connectivity index (χ1) is 11.3. The second-order valence-corrected chi connectivity index (χ2v) is 6.84. The number of rotatable bonds is 1. The molecule has 0 spiro atoms. The molecule has 1 nitrogen and oxygen atoms in total. The number of furan rings is 1. The second kappa shape index (κ2) is 4.86. The normalized spacial score (nSPS) is 19.1. The molecule has 0 aliphatic heterocycles. The van der Waals surface area contributed by atoms with E-state index >= 15 is 0 Å². The molecule has 1 atom stereocenters. The molecular weight excluding hydrogens is 280 g/mol. The maximum absolute atomic E-state index is 6.39. The molecule has 1 aromatic heterocycles. The molecular formula is C22H20O. The fourth-order valence-corrected chi connectivity index (χ4v) is 4.47. The Balaban J connectivity index is 1.84. The molecule has 0 N–H and O–H groups in total. The van der Waals surface area contributed by atoms with Crippen molar-refractivity contribution in [2.24, 2.45) is 0 Å². The Hall–Kier alpha value is -2.28. The third-order valence-corrected chi connectivity index (χ3v) is 5.46. The lowest BCUT2D eigenvalue weighted by molar-refractivity contribution is 0.625. The maximum atomic E-state index is 6.39. The summed E-state index contributed by atoms with van der Waals surface area (Å²) in [5.41, 5.74) is 8.45. The third kappa shape index (κ3) is 1.86. The Morgan fingerprint density at radius 2 is 1.83 bits per heavy atom. The highest BCUT2D eigenvalue weighted by molar-refractivity contribution is 5.91.